The van der Waals surface area contributed by atoms with E-state index in [4.69, 9.17) is 25.6 Å². The number of rotatable bonds is 4. The average molecular weight is 427 g/mol. The van der Waals surface area contributed by atoms with E-state index in [1.807, 2.05) is 28.8 Å². The van der Waals surface area contributed by atoms with Crippen LogP contribution < -0.4 is 4.74 Å². The summed E-state index contributed by atoms with van der Waals surface area (Å²) in [5, 5.41) is 3.98. The average Bonchev–Trinajstić information content (AvgIpc) is 3.42. The van der Waals surface area contributed by atoms with Gasteiger partial charge in [-0.05, 0) is 35.9 Å². The number of methoxy groups -OCH3 is 1. The number of aromatic nitrogens is 4. The van der Waals surface area contributed by atoms with Gasteiger partial charge in [0.2, 0.25) is 5.82 Å². The van der Waals surface area contributed by atoms with E-state index >= 15 is 0 Å². The van der Waals surface area contributed by atoms with Gasteiger partial charge in [0.15, 0.2) is 5.69 Å². The molecule has 0 N–H and O–H groups in total. The molecule has 0 spiro atoms. The van der Waals surface area contributed by atoms with Crippen LogP contribution in [-0.2, 0) is 17.9 Å². The number of imidazole rings is 1. The minimum Gasteiger partial charge on any atom is -0.497 e. The highest BCUT2D eigenvalue weighted by atomic mass is 35.5. The summed E-state index contributed by atoms with van der Waals surface area (Å²) in [6, 6.07) is 12.1. The van der Waals surface area contributed by atoms with E-state index in [1.54, 1.807) is 19.5 Å². The lowest BCUT2D eigenvalue weighted by Crippen LogP contribution is -2.20. The van der Waals surface area contributed by atoms with Gasteiger partial charge in [-0.15, -0.1) is 0 Å². The molecule has 0 fully saturated rings. The van der Waals surface area contributed by atoms with Crippen molar-refractivity contribution in [1.29, 1.82) is 0 Å². The summed E-state index contributed by atoms with van der Waals surface area (Å²) in [5.74, 6) is 0.765. The molecule has 30 heavy (non-hydrogen) atoms. The van der Waals surface area contributed by atoms with E-state index in [-0.39, 0.29) is 22.8 Å². The third-order valence-electron chi connectivity index (χ3n) is 5.02. The van der Waals surface area contributed by atoms with Crippen molar-refractivity contribution in [3.05, 3.63) is 70.9 Å². The lowest BCUT2D eigenvalue weighted by atomic mass is 10.1. The number of ether oxygens (including phenoxy) is 2. The molecule has 1 atom stereocenters. The first-order valence-electron chi connectivity index (χ1n) is 9.21. The summed E-state index contributed by atoms with van der Waals surface area (Å²) in [6.45, 7) is 0.956. The van der Waals surface area contributed by atoms with Gasteiger partial charge in [-0.2, -0.15) is 4.98 Å². The normalized spacial score (nSPS) is 15.8. The molecule has 1 aliphatic heterocycles. The predicted molar refractivity (Wildman–Crippen MR) is 106 cm³/mol. The van der Waals surface area contributed by atoms with Crippen LogP contribution >= 0.6 is 11.6 Å². The first kappa shape index (κ1) is 18.8. The number of nitrogens with zero attached hydrogens (tertiary/aromatic N) is 4. The van der Waals surface area contributed by atoms with E-state index in [2.05, 4.69) is 15.1 Å². The summed E-state index contributed by atoms with van der Waals surface area (Å²) in [5.41, 5.74) is 2.92. The Kier molecular flexibility index (Phi) is 4.72. The lowest BCUT2D eigenvalue weighted by molar-refractivity contribution is 0.00328. The summed E-state index contributed by atoms with van der Waals surface area (Å²) >= 11 is 5.73. The second-order valence-corrected chi connectivity index (χ2v) is 7.22. The molecule has 0 amide bonds. The summed E-state index contributed by atoms with van der Waals surface area (Å²) in [6.07, 6.45) is 1.64. The maximum Gasteiger partial charge on any atom is 0.278 e. The third-order valence-corrected chi connectivity index (χ3v) is 5.33. The van der Waals surface area contributed by atoms with E-state index in [9.17, 15) is 4.39 Å². The van der Waals surface area contributed by atoms with Gasteiger partial charge in [-0.3, -0.25) is 0 Å². The Hall–Kier alpha value is -3.23. The van der Waals surface area contributed by atoms with Crippen LogP contribution in [0.15, 0.2) is 53.3 Å². The minimum atomic E-state index is -0.544. The molecule has 9 heteroatoms. The summed E-state index contributed by atoms with van der Waals surface area (Å²) in [7, 11) is 1.64. The Bertz CT molecular complexity index is 1210. The van der Waals surface area contributed by atoms with Gasteiger partial charge in [-0.25, -0.2) is 9.37 Å². The number of benzene rings is 2. The van der Waals surface area contributed by atoms with E-state index < -0.39 is 5.82 Å². The zero-order valence-electron chi connectivity index (χ0n) is 15.9. The van der Waals surface area contributed by atoms with Gasteiger partial charge in [0.1, 0.15) is 17.7 Å². The molecule has 5 rings (SSSR count). The van der Waals surface area contributed by atoms with Crippen molar-refractivity contribution in [1.82, 2.24) is 19.7 Å². The van der Waals surface area contributed by atoms with Gasteiger partial charge >= 0.3 is 0 Å². The van der Waals surface area contributed by atoms with Gasteiger partial charge < -0.3 is 18.6 Å². The van der Waals surface area contributed by atoms with Gasteiger partial charge in [0.05, 0.1) is 37.3 Å². The molecule has 2 aromatic carbocycles. The van der Waals surface area contributed by atoms with Crippen molar-refractivity contribution >= 4 is 11.6 Å². The number of fused-ring (bicyclic) bond motifs is 1. The number of halogens is 2. The van der Waals surface area contributed by atoms with Crippen LogP contribution in [0.4, 0.5) is 4.39 Å². The Balaban J connectivity index is 1.39. The number of hydrogen-bond acceptors (Lipinski definition) is 6. The maximum atomic E-state index is 13.7. The van der Waals surface area contributed by atoms with Gasteiger partial charge in [-0.1, -0.05) is 28.9 Å². The zero-order chi connectivity index (χ0) is 20.7. The van der Waals surface area contributed by atoms with Crippen molar-refractivity contribution in [2.24, 2.45) is 0 Å². The molecule has 7 nitrogen and oxygen atoms in total. The van der Waals surface area contributed by atoms with Crippen LogP contribution in [0, 0.1) is 5.82 Å². The second-order valence-electron chi connectivity index (χ2n) is 6.82. The lowest BCUT2D eigenvalue weighted by Gasteiger charge is -2.25. The topological polar surface area (TPSA) is 75.2 Å². The highest BCUT2D eigenvalue weighted by Gasteiger charge is 2.26. The molecular formula is C21H16ClFN4O3. The second kappa shape index (κ2) is 7.55. The molecule has 1 unspecified atom stereocenters. The quantitative estimate of drug-likeness (QED) is 0.472. The van der Waals surface area contributed by atoms with Crippen LogP contribution in [0.1, 0.15) is 17.4 Å². The standard InChI is InChI=1S/C21H16ClFN4O3/c1-28-14-5-2-12(3-6-14)18-9-27-11-24-19(17(27)10-29-18)21-25-20(26-30-21)13-4-7-15(22)16(23)8-13/h2-8,11,18H,9-10H2,1H3. The highest BCUT2D eigenvalue weighted by molar-refractivity contribution is 6.30. The van der Waals surface area contributed by atoms with Gasteiger partial charge in [0.25, 0.3) is 5.89 Å². The van der Waals surface area contributed by atoms with E-state index in [0.29, 0.717) is 24.4 Å². The molecule has 0 saturated carbocycles. The van der Waals surface area contributed by atoms with Crippen molar-refractivity contribution in [2.75, 3.05) is 7.11 Å². The highest BCUT2D eigenvalue weighted by Crippen LogP contribution is 2.32. The Labute approximate surface area is 176 Å². The molecule has 0 bridgehead atoms. The van der Waals surface area contributed by atoms with Crippen molar-refractivity contribution in [3.63, 3.8) is 0 Å². The minimum absolute atomic E-state index is 0.0363. The van der Waals surface area contributed by atoms with E-state index in [0.717, 1.165) is 17.0 Å². The van der Waals surface area contributed by atoms with Crippen LogP contribution in [-0.4, -0.2) is 26.8 Å². The van der Waals surface area contributed by atoms with Crippen molar-refractivity contribution < 1.29 is 18.4 Å². The first-order valence-corrected chi connectivity index (χ1v) is 9.59. The summed E-state index contributed by atoms with van der Waals surface area (Å²) < 4.78 is 32.4. The SMILES string of the molecule is COc1ccc(C2Cn3cnc(-c4nc(-c5ccc(Cl)c(F)c5)no4)c3CO2)cc1. The van der Waals surface area contributed by atoms with E-state index in [1.165, 1.54) is 12.1 Å². The molecule has 0 radical (unpaired) electrons. The smallest absolute Gasteiger partial charge is 0.278 e. The fourth-order valence-corrected chi connectivity index (χ4v) is 3.52. The fourth-order valence-electron chi connectivity index (χ4n) is 3.40. The molecular weight excluding hydrogens is 411 g/mol. The van der Waals surface area contributed by atoms with Crippen LogP contribution in [0.5, 0.6) is 5.75 Å². The predicted octanol–water partition coefficient (Wildman–Crippen LogP) is 4.67. The molecule has 2 aromatic heterocycles. The Morgan fingerprint density at radius 3 is 2.80 bits per heavy atom. The van der Waals surface area contributed by atoms with Crippen molar-refractivity contribution in [3.8, 4) is 28.7 Å². The largest absolute Gasteiger partial charge is 0.497 e. The fraction of sp³-hybridized carbons (Fsp3) is 0.190. The molecule has 3 heterocycles. The molecule has 0 aliphatic carbocycles. The third kappa shape index (κ3) is 3.34. The molecule has 1 aliphatic rings. The maximum absolute atomic E-state index is 13.7. The van der Waals surface area contributed by atoms with Gasteiger partial charge in [0, 0.05) is 5.56 Å². The first-order chi connectivity index (χ1) is 14.6. The van der Waals surface area contributed by atoms with Crippen LogP contribution in [0.25, 0.3) is 23.0 Å². The van der Waals surface area contributed by atoms with Crippen LogP contribution in [0.2, 0.25) is 5.02 Å². The monoisotopic (exact) mass is 426 g/mol. The molecule has 0 saturated heterocycles. The van der Waals surface area contributed by atoms with Crippen LogP contribution in [0.3, 0.4) is 0 Å². The number of hydrogen-bond donors (Lipinski definition) is 0. The molecule has 4 aromatic rings. The summed E-state index contributed by atoms with van der Waals surface area (Å²) in [4.78, 5) is 8.80. The molecule has 152 valence electrons. The van der Waals surface area contributed by atoms with Crippen molar-refractivity contribution in [2.45, 2.75) is 19.3 Å². The Morgan fingerprint density at radius 1 is 1.20 bits per heavy atom. The Morgan fingerprint density at radius 2 is 2.03 bits per heavy atom. The zero-order valence-corrected chi connectivity index (χ0v) is 16.6.